The van der Waals surface area contributed by atoms with E-state index in [0.29, 0.717) is 25.6 Å². The highest BCUT2D eigenvalue weighted by atomic mass is 32.2. The zero-order valence-corrected chi connectivity index (χ0v) is 13.7. The van der Waals surface area contributed by atoms with Gasteiger partial charge in [-0.3, -0.25) is 4.79 Å². The molecule has 0 spiro atoms. The van der Waals surface area contributed by atoms with Crippen molar-refractivity contribution in [1.82, 2.24) is 0 Å². The molecular formula is C19H20O3S. The maximum Gasteiger partial charge on any atom is 0.172 e. The fourth-order valence-electron chi connectivity index (χ4n) is 2.53. The Morgan fingerprint density at radius 1 is 0.913 bits per heavy atom. The summed E-state index contributed by atoms with van der Waals surface area (Å²) < 4.78 is 11.6. The number of hydrogen-bond acceptors (Lipinski definition) is 4. The zero-order valence-electron chi connectivity index (χ0n) is 12.9. The van der Waals surface area contributed by atoms with E-state index in [0.717, 1.165) is 11.1 Å². The molecule has 0 saturated carbocycles. The van der Waals surface area contributed by atoms with Crippen molar-refractivity contribution < 1.29 is 14.3 Å². The maximum atomic E-state index is 12.0. The fourth-order valence-corrected chi connectivity index (χ4v) is 3.67. The Morgan fingerprint density at radius 3 is 2.17 bits per heavy atom. The van der Waals surface area contributed by atoms with Crippen LogP contribution < -0.4 is 0 Å². The summed E-state index contributed by atoms with van der Waals surface area (Å²) in [7, 11) is 0. The first-order valence-electron chi connectivity index (χ1n) is 7.74. The molecule has 0 unspecified atom stereocenters. The highest BCUT2D eigenvalue weighted by Crippen LogP contribution is 2.28. The molecule has 1 aliphatic heterocycles. The molecule has 0 bridgehead atoms. The van der Waals surface area contributed by atoms with E-state index in [1.54, 1.807) is 11.8 Å². The molecule has 2 atom stereocenters. The minimum Gasteiger partial charge on any atom is -0.376 e. The normalized spacial score (nSPS) is 20.8. The minimum absolute atomic E-state index is 0.0786. The van der Waals surface area contributed by atoms with E-state index >= 15 is 0 Å². The van der Waals surface area contributed by atoms with Crippen molar-refractivity contribution in [2.45, 2.75) is 24.6 Å². The summed E-state index contributed by atoms with van der Waals surface area (Å²) in [6.07, 6.45) is -0.365. The fraction of sp³-hybridized carbons (Fsp3) is 0.316. The molecule has 2 aromatic carbocycles. The Morgan fingerprint density at radius 2 is 1.52 bits per heavy atom. The van der Waals surface area contributed by atoms with Crippen molar-refractivity contribution in [3.63, 3.8) is 0 Å². The number of carbonyl (C=O) groups excluding carboxylic acids is 1. The quantitative estimate of drug-likeness (QED) is 0.779. The molecule has 0 aromatic heterocycles. The Kier molecular flexibility index (Phi) is 5.86. The lowest BCUT2D eigenvalue weighted by atomic mass is 10.2. The minimum atomic E-state index is -0.365. The number of hydrogen-bond donors (Lipinski definition) is 0. The van der Waals surface area contributed by atoms with Gasteiger partial charge in [0.05, 0.1) is 30.8 Å². The van der Waals surface area contributed by atoms with E-state index < -0.39 is 0 Å². The molecule has 1 saturated heterocycles. The summed E-state index contributed by atoms with van der Waals surface area (Å²) >= 11 is 1.63. The average molecular weight is 328 g/mol. The van der Waals surface area contributed by atoms with Crippen LogP contribution in [0.5, 0.6) is 0 Å². The van der Waals surface area contributed by atoms with Gasteiger partial charge in [0.1, 0.15) is 6.10 Å². The SMILES string of the molecule is O=C1CS[C@H](COCc2ccccc2)[C@H]1OCc1ccccc1. The smallest absolute Gasteiger partial charge is 0.172 e. The second kappa shape index (κ2) is 8.29. The molecule has 120 valence electrons. The Hall–Kier alpha value is -1.62. The maximum absolute atomic E-state index is 12.0. The number of rotatable bonds is 7. The lowest BCUT2D eigenvalue weighted by Crippen LogP contribution is -2.31. The van der Waals surface area contributed by atoms with Crippen LogP contribution in [0.25, 0.3) is 0 Å². The Bertz CT molecular complexity index is 615. The third kappa shape index (κ3) is 4.67. The van der Waals surface area contributed by atoms with Crippen LogP contribution in [-0.2, 0) is 27.5 Å². The van der Waals surface area contributed by atoms with E-state index in [1.165, 1.54) is 0 Å². The predicted octanol–water partition coefficient (Wildman–Crippen LogP) is 3.47. The van der Waals surface area contributed by atoms with Crippen molar-refractivity contribution in [1.29, 1.82) is 0 Å². The second-order valence-corrected chi connectivity index (χ2v) is 6.76. The summed E-state index contributed by atoms with van der Waals surface area (Å²) in [6, 6.07) is 20.0. The van der Waals surface area contributed by atoms with Gasteiger partial charge in [-0.2, -0.15) is 0 Å². The number of thioether (sulfide) groups is 1. The molecule has 23 heavy (non-hydrogen) atoms. The van der Waals surface area contributed by atoms with Gasteiger partial charge in [-0.25, -0.2) is 0 Å². The van der Waals surface area contributed by atoms with Gasteiger partial charge in [0.2, 0.25) is 0 Å². The standard InChI is InChI=1S/C19H20O3S/c20-17-14-23-18(13-21-11-15-7-3-1-4-8-15)19(17)22-12-16-9-5-2-6-10-16/h1-10,18-19H,11-14H2/t18-,19+/m1/s1. The molecule has 1 fully saturated rings. The Balaban J connectivity index is 1.49. The van der Waals surface area contributed by atoms with Crippen molar-refractivity contribution in [2.75, 3.05) is 12.4 Å². The van der Waals surface area contributed by atoms with E-state index in [1.807, 2.05) is 60.7 Å². The van der Waals surface area contributed by atoms with Gasteiger partial charge in [-0.1, -0.05) is 60.7 Å². The van der Waals surface area contributed by atoms with Crippen LogP contribution in [-0.4, -0.2) is 29.5 Å². The summed E-state index contributed by atoms with van der Waals surface area (Å²) in [6.45, 7) is 1.56. The lowest BCUT2D eigenvalue weighted by molar-refractivity contribution is -0.128. The first-order valence-corrected chi connectivity index (χ1v) is 8.79. The average Bonchev–Trinajstić information content (AvgIpc) is 2.95. The molecule has 2 aromatic rings. The molecule has 1 aliphatic rings. The molecule has 0 radical (unpaired) electrons. The monoisotopic (exact) mass is 328 g/mol. The number of ether oxygens (including phenoxy) is 2. The van der Waals surface area contributed by atoms with Crippen LogP contribution in [0.15, 0.2) is 60.7 Å². The predicted molar refractivity (Wildman–Crippen MR) is 92.4 cm³/mol. The number of Topliss-reactive ketones (excluding diaryl/α,β-unsaturated/α-hetero) is 1. The van der Waals surface area contributed by atoms with E-state index in [9.17, 15) is 4.79 Å². The molecule has 3 nitrogen and oxygen atoms in total. The van der Waals surface area contributed by atoms with E-state index in [-0.39, 0.29) is 17.1 Å². The van der Waals surface area contributed by atoms with Crippen molar-refractivity contribution in [3.05, 3.63) is 71.8 Å². The highest BCUT2D eigenvalue weighted by Gasteiger charge is 2.36. The molecular weight excluding hydrogens is 308 g/mol. The van der Waals surface area contributed by atoms with Gasteiger partial charge >= 0.3 is 0 Å². The van der Waals surface area contributed by atoms with Gasteiger partial charge in [-0.05, 0) is 11.1 Å². The van der Waals surface area contributed by atoms with Crippen molar-refractivity contribution >= 4 is 17.5 Å². The van der Waals surface area contributed by atoms with Crippen molar-refractivity contribution in [2.24, 2.45) is 0 Å². The molecule has 3 rings (SSSR count). The van der Waals surface area contributed by atoms with Crippen LogP contribution in [0.3, 0.4) is 0 Å². The summed E-state index contributed by atoms with van der Waals surface area (Å²) in [4.78, 5) is 12.0. The van der Waals surface area contributed by atoms with Crippen LogP contribution in [0.2, 0.25) is 0 Å². The zero-order chi connectivity index (χ0) is 15.9. The third-order valence-corrected chi connectivity index (χ3v) is 5.02. The van der Waals surface area contributed by atoms with Crippen LogP contribution >= 0.6 is 11.8 Å². The van der Waals surface area contributed by atoms with Crippen LogP contribution in [0, 0.1) is 0 Å². The molecule has 0 N–H and O–H groups in total. The van der Waals surface area contributed by atoms with E-state index in [2.05, 4.69) is 0 Å². The number of benzene rings is 2. The van der Waals surface area contributed by atoms with Gasteiger partial charge < -0.3 is 9.47 Å². The van der Waals surface area contributed by atoms with Gasteiger partial charge in [0.25, 0.3) is 0 Å². The van der Waals surface area contributed by atoms with Gasteiger partial charge in [-0.15, -0.1) is 11.8 Å². The number of ketones is 1. The molecule has 1 heterocycles. The summed E-state index contributed by atoms with van der Waals surface area (Å²) in [5.74, 6) is 0.679. The topological polar surface area (TPSA) is 35.5 Å². The molecule has 0 aliphatic carbocycles. The van der Waals surface area contributed by atoms with E-state index in [4.69, 9.17) is 9.47 Å². The lowest BCUT2D eigenvalue weighted by Gasteiger charge is -2.18. The first-order chi connectivity index (χ1) is 11.3. The summed E-state index contributed by atoms with van der Waals surface area (Å²) in [5, 5.41) is 0.0786. The van der Waals surface area contributed by atoms with Crippen molar-refractivity contribution in [3.8, 4) is 0 Å². The Labute approximate surface area is 141 Å². The second-order valence-electron chi connectivity index (χ2n) is 5.53. The third-order valence-electron chi connectivity index (χ3n) is 3.76. The largest absolute Gasteiger partial charge is 0.376 e. The first kappa shape index (κ1) is 16.2. The van der Waals surface area contributed by atoms with Crippen LogP contribution in [0.4, 0.5) is 0 Å². The number of carbonyl (C=O) groups is 1. The summed E-state index contributed by atoms with van der Waals surface area (Å²) in [5.41, 5.74) is 2.23. The van der Waals surface area contributed by atoms with Gasteiger partial charge in [0, 0.05) is 0 Å². The molecule has 4 heteroatoms. The van der Waals surface area contributed by atoms with Gasteiger partial charge in [0.15, 0.2) is 5.78 Å². The van der Waals surface area contributed by atoms with Crippen LogP contribution in [0.1, 0.15) is 11.1 Å². The highest BCUT2D eigenvalue weighted by molar-refractivity contribution is 8.01. The molecule has 0 amide bonds.